The SMILES string of the molecule is CC(C)(C)OC(=O)NCCNc1ccc(CN)c(OC2CCCC2)c1. The van der Waals surface area contributed by atoms with Gasteiger partial charge < -0.3 is 25.8 Å². The molecule has 6 heteroatoms. The van der Waals surface area contributed by atoms with Crippen LogP contribution < -0.4 is 21.1 Å². The second kappa shape index (κ2) is 8.94. The van der Waals surface area contributed by atoms with Gasteiger partial charge in [0.1, 0.15) is 11.4 Å². The summed E-state index contributed by atoms with van der Waals surface area (Å²) in [7, 11) is 0. The molecule has 1 fully saturated rings. The standard InChI is InChI=1S/C19H31N3O3/c1-19(2,3)25-18(23)22-11-10-21-15-9-8-14(13-20)17(12-15)24-16-6-4-5-7-16/h8-9,12,16,21H,4-7,10-11,13,20H2,1-3H3,(H,22,23). The number of nitrogens with one attached hydrogen (secondary N) is 2. The van der Waals surface area contributed by atoms with E-state index in [-0.39, 0.29) is 0 Å². The Kier molecular flexibility index (Phi) is 6.93. The Bertz CT molecular complexity index is 564. The predicted molar refractivity (Wildman–Crippen MR) is 99.9 cm³/mol. The summed E-state index contributed by atoms with van der Waals surface area (Å²) in [6, 6.07) is 5.97. The third-order valence-corrected chi connectivity index (χ3v) is 4.01. The van der Waals surface area contributed by atoms with E-state index >= 15 is 0 Å². The molecule has 0 saturated heterocycles. The maximum atomic E-state index is 11.6. The van der Waals surface area contributed by atoms with Crippen molar-refractivity contribution in [1.82, 2.24) is 5.32 Å². The number of hydrogen-bond donors (Lipinski definition) is 3. The fourth-order valence-corrected chi connectivity index (χ4v) is 2.81. The highest BCUT2D eigenvalue weighted by atomic mass is 16.6. The van der Waals surface area contributed by atoms with E-state index in [2.05, 4.69) is 10.6 Å². The van der Waals surface area contributed by atoms with Crippen molar-refractivity contribution in [1.29, 1.82) is 0 Å². The molecule has 6 nitrogen and oxygen atoms in total. The summed E-state index contributed by atoms with van der Waals surface area (Å²) in [5.41, 5.74) is 7.31. The molecular formula is C19H31N3O3. The van der Waals surface area contributed by atoms with Gasteiger partial charge in [-0.2, -0.15) is 0 Å². The zero-order chi connectivity index (χ0) is 18.3. The number of hydrogen-bond acceptors (Lipinski definition) is 5. The molecule has 0 heterocycles. The molecule has 1 aromatic carbocycles. The summed E-state index contributed by atoms with van der Waals surface area (Å²) in [6.07, 6.45) is 4.59. The molecule has 2 rings (SSSR count). The highest BCUT2D eigenvalue weighted by molar-refractivity contribution is 5.67. The van der Waals surface area contributed by atoms with Gasteiger partial charge in [0.25, 0.3) is 0 Å². The highest BCUT2D eigenvalue weighted by Crippen LogP contribution is 2.29. The van der Waals surface area contributed by atoms with Gasteiger partial charge in [0.05, 0.1) is 6.10 Å². The maximum Gasteiger partial charge on any atom is 0.407 e. The summed E-state index contributed by atoms with van der Waals surface area (Å²) < 4.78 is 11.3. The number of nitrogens with two attached hydrogens (primary N) is 1. The highest BCUT2D eigenvalue weighted by Gasteiger charge is 2.18. The van der Waals surface area contributed by atoms with Gasteiger partial charge in [0.15, 0.2) is 0 Å². The lowest BCUT2D eigenvalue weighted by atomic mass is 10.1. The zero-order valence-electron chi connectivity index (χ0n) is 15.6. The molecule has 140 valence electrons. The van der Waals surface area contributed by atoms with Crippen LogP contribution in [0.1, 0.15) is 52.0 Å². The van der Waals surface area contributed by atoms with E-state index in [0.29, 0.717) is 25.7 Å². The Labute approximate surface area is 150 Å². The smallest absolute Gasteiger partial charge is 0.407 e. The first-order valence-electron chi connectivity index (χ1n) is 9.08. The number of benzene rings is 1. The number of anilines is 1. The first-order chi connectivity index (χ1) is 11.9. The predicted octanol–water partition coefficient (Wildman–Crippen LogP) is 3.40. The van der Waals surface area contributed by atoms with Gasteiger partial charge in [0, 0.05) is 37.0 Å². The van der Waals surface area contributed by atoms with Crippen LogP contribution in [0.15, 0.2) is 18.2 Å². The van der Waals surface area contributed by atoms with Crippen molar-refractivity contribution in [2.75, 3.05) is 18.4 Å². The van der Waals surface area contributed by atoms with E-state index in [4.69, 9.17) is 15.2 Å². The van der Waals surface area contributed by atoms with Crippen molar-refractivity contribution < 1.29 is 14.3 Å². The van der Waals surface area contributed by atoms with Gasteiger partial charge in [-0.25, -0.2) is 4.79 Å². The normalized spacial score (nSPS) is 15.0. The number of alkyl carbamates (subject to hydrolysis) is 1. The lowest BCUT2D eigenvalue weighted by molar-refractivity contribution is 0.0530. The fourth-order valence-electron chi connectivity index (χ4n) is 2.81. The average molecular weight is 349 g/mol. The van der Waals surface area contributed by atoms with Crippen LogP contribution in [0.4, 0.5) is 10.5 Å². The molecule has 0 atom stereocenters. The van der Waals surface area contributed by atoms with Crippen molar-refractivity contribution in [3.8, 4) is 5.75 Å². The minimum atomic E-state index is -0.484. The van der Waals surface area contributed by atoms with Crippen LogP contribution in [0.3, 0.4) is 0 Å². The summed E-state index contributed by atoms with van der Waals surface area (Å²) in [5.74, 6) is 0.861. The van der Waals surface area contributed by atoms with E-state index in [1.54, 1.807) is 0 Å². The molecule has 4 N–H and O–H groups in total. The molecule has 0 spiro atoms. The van der Waals surface area contributed by atoms with Crippen LogP contribution >= 0.6 is 0 Å². The Morgan fingerprint density at radius 1 is 1.24 bits per heavy atom. The van der Waals surface area contributed by atoms with Crippen molar-refractivity contribution in [2.24, 2.45) is 5.73 Å². The van der Waals surface area contributed by atoms with Crippen LogP contribution in [0.5, 0.6) is 5.75 Å². The molecule has 1 aliphatic rings. The number of ether oxygens (including phenoxy) is 2. The van der Waals surface area contributed by atoms with Crippen LogP contribution in [-0.2, 0) is 11.3 Å². The van der Waals surface area contributed by atoms with E-state index in [0.717, 1.165) is 29.8 Å². The molecule has 1 saturated carbocycles. The summed E-state index contributed by atoms with van der Waals surface area (Å²) in [4.78, 5) is 11.6. The number of rotatable bonds is 7. The van der Waals surface area contributed by atoms with Gasteiger partial charge in [0.2, 0.25) is 0 Å². The van der Waals surface area contributed by atoms with Gasteiger partial charge in [-0.15, -0.1) is 0 Å². The summed E-state index contributed by atoms with van der Waals surface area (Å²) >= 11 is 0. The Morgan fingerprint density at radius 3 is 2.60 bits per heavy atom. The molecule has 0 aliphatic heterocycles. The van der Waals surface area contributed by atoms with Crippen LogP contribution in [0.25, 0.3) is 0 Å². The first-order valence-corrected chi connectivity index (χ1v) is 9.08. The van der Waals surface area contributed by atoms with Gasteiger partial charge in [-0.1, -0.05) is 6.07 Å². The molecule has 0 unspecified atom stereocenters. The van der Waals surface area contributed by atoms with Crippen LogP contribution in [0, 0.1) is 0 Å². The van der Waals surface area contributed by atoms with E-state index < -0.39 is 11.7 Å². The van der Waals surface area contributed by atoms with Crippen molar-refractivity contribution in [3.05, 3.63) is 23.8 Å². The Morgan fingerprint density at radius 2 is 1.96 bits per heavy atom. The van der Waals surface area contributed by atoms with Crippen LogP contribution in [0.2, 0.25) is 0 Å². The summed E-state index contributed by atoms with van der Waals surface area (Å²) in [6.45, 7) is 7.07. The van der Waals surface area contributed by atoms with Gasteiger partial charge in [-0.05, 0) is 52.5 Å². The number of carbonyl (C=O) groups excluding carboxylic acids is 1. The molecule has 1 aliphatic carbocycles. The molecule has 25 heavy (non-hydrogen) atoms. The molecule has 0 radical (unpaired) electrons. The zero-order valence-corrected chi connectivity index (χ0v) is 15.6. The second-order valence-corrected chi connectivity index (χ2v) is 7.41. The monoisotopic (exact) mass is 349 g/mol. The van der Waals surface area contributed by atoms with E-state index in [1.807, 2.05) is 39.0 Å². The van der Waals surface area contributed by atoms with Crippen molar-refractivity contribution in [3.63, 3.8) is 0 Å². The average Bonchev–Trinajstić information content (AvgIpc) is 3.03. The maximum absolute atomic E-state index is 11.6. The largest absolute Gasteiger partial charge is 0.490 e. The van der Waals surface area contributed by atoms with E-state index in [1.165, 1.54) is 12.8 Å². The first kappa shape index (κ1) is 19.4. The molecule has 0 aromatic heterocycles. The molecular weight excluding hydrogens is 318 g/mol. The van der Waals surface area contributed by atoms with Crippen LogP contribution in [-0.4, -0.2) is 30.9 Å². The molecule has 1 aromatic rings. The second-order valence-electron chi connectivity index (χ2n) is 7.41. The minimum Gasteiger partial charge on any atom is -0.490 e. The molecule has 1 amide bonds. The molecule has 0 bridgehead atoms. The van der Waals surface area contributed by atoms with E-state index in [9.17, 15) is 4.79 Å². The number of carbonyl (C=O) groups is 1. The van der Waals surface area contributed by atoms with Gasteiger partial charge in [-0.3, -0.25) is 0 Å². The number of amides is 1. The quantitative estimate of drug-likeness (QED) is 0.657. The lowest BCUT2D eigenvalue weighted by Crippen LogP contribution is -2.35. The third-order valence-electron chi connectivity index (χ3n) is 4.01. The van der Waals surface area contributed by atoms with Crippen molar-refractivity contribution >= 4 is 11.8 Å². The Balaban J connectivity index is 1.82. The topological polar surface area (TPSA) is 85.6 Å². The minimum absolute atomic E-state index is 0.300. The van der Waals surface area contributed by atoms with Gasteiger partial charge >= 0.3 is 6.09 Å². The third kappa shape index (κ3) is 6.82. The summed E-state index contributed by atoms with van der Waals surface area (Å²) in [5, 5.41) is 6.02. The fraction of sp³-hybridized carbons (Fsp3) is 0.632. The Hall–Kier alpha value is -1.95. The van der Waals surface area contributed by atoms with Crippen molar-refractivity contribution in [2.45, 2.75) is 64.7 Å². The lowest BCUT2D eigenvalue weighted by Gasteiger charge is -2.20.